The normalized spacial score (nSPS) is 59.5. The Labute approximate surface area is 81.1 Å². The second-order valence-electron chi connectivity index (χ2n) is 5.88. The first-order chi connectivity index (χ1) is 6.22. The molecule has 3 aliphatic carbocycles. The highest BCUT2D eigenvalue weighted by Crippen LogP contribution is 2.62. The molecule has 3 fully saturated rings. The minimum Gasteiger partial charge on any atom is -0.327 e. The molecule has 1 spiro atoms. The molecule has 0 aromatic carbocycles. The SMILES string of the molecule is C[C@H]1CC[C@]2(C1)[C@H]1CC[C@H](C1)[C@H]2N. The van der Waals surface area contributed by atoms with Crippen LogP contribution in [0.15, 0.2) is 0 Å². The summed E-state index contributed by atoms with van der Waals surface area (Å²) in [5.74, 6) is 2.86. The molecular formula is C12H21N. The molecular weight excluding hydrogens is 158 g/mol. The zero-order valence-corrected chi connectivity index (χ0v) is 8.63. The summed E-state index contributed by atoms with van der Waals surface area (Å²) in [6, 6.07) is 0.566. The predicted octanol–water partition coefficient (Wildman–Crippen LogP) is 2.55. The summed E-state index contributed by atoms with van der Waals surface area (Å²) in [6.07, 6.45) is 8.71. The first-order valence-electron chi connectivity index (χ1n) is 5.98. The molecule has 0 unspecified atom stereocenters. The third kappa shape index (κ3) is 0.918. The van der Waals surface area contributed by atoms with Crippen molar-refractivity contribution >= 4 is 0 Å². The molecule has 13 heavy (non-hydrogen) atoms. The van der Waals surface area contributed by atoms with Crippen molar-refractivity contribution in [3.05, 3.63) is 0 Å². The van der Waals surface area contributed by atoms with Gasteiger partial charge in [-0.1, -0.05) is 13.3 Å². The lowest BCUT2D eigenvalue weighted by molar-refractivity contribution is 0.134. The molecule has 0 amide bonds. The van der Waals surface area contributed by atoms with Gasteiger partial charge in [-0.25, -0.2) is 0 Å². The quantitative estimate of drug-likeness (QED) is 0.607. The smallest absolute Gasteiger partial charge is 0.0127 e. The Morgan fingerprint density at radius 2 is 2.08 bits per heavy atom. The van der Waals surface area contributed by atoms with Crippen molar-refractivity contribution in [1.82, 2.24) is 0 Å². The third-order valence-electron chi connectivity index (χ3n) is 5.29. The Kier molecular flexibility index (Phi) is 1.59. The minimum atomic E-state index is 0.566. The van der Waals surface area contributed by atoms with E-state index in [0.717, 1.165) is 17.8 Å². The van der Waals surface area contributed by atoms with Gasteiger partial charge in [-0.2, -0.15) is 0 Å². The molecule has 3 rings (SSSR count). The molecule has 0 aromatic heterocycles. The number of rotatable bonds is 0. The lowest BCUT2D eigenvalue weighted by Gasteiger charge is -2.39. The summed E-state index contributed by atoms with van der Waals surface area (Å²) in [7, 11) is 0. The molecule has 0 aromatic rings. The maximum atomic E-state index is 6.42. The van der Waals surface area contributed by atoms with Gasteiger partial charge in [0.15, 0.2) is 0 Å². The van der Waals surface area contributed by atoms with Crippen LogP contribution in [0.2, 0.25) is 0 Å². The van der Waals surface area contributed by atoms with Crippen molar-refractivity contribution < 1.29 is 0 Å². The van der Waals surface area contributed by atoms with Crippen LogP contribution < -0.4 is 5.73 Å². The summed E-state index contributed by atoms with van der Waals surface area (Å²) >= 11 is 0. The van der Waals surface area contributed by atoms with Crippen molar-refractivity contribution in [2.75, 3.05) is 0 Å². The van der Waals surface area contributed by atoms with Crippen LogP contribution in [0.5, 0.6) is 0 Å². The van der Waals surface area contributed by atoms with Crippen LogP contribution in [-0.4, -0.2) is 6.04 Å². The van der Waals surface area contributed by atoms with Gasteiger partial charge in [0.05, 0.1) is 0 Å². The maximum absolute atomic E-state index is 6.42. The van der Waals surface area contributed by atoms with Gasteiger partial charge in [-0.3, -0.25) is 0 Å². The fourth-order valence-corrected chi connectivity index (χ4v) is 4.65. The van der Waals surface area contributed by atoms with E-state index in [1.54, 1.807) is 0 Å². The van der Waals surface area contributed by atoms with E-state index < -0.39 is 0 Å². The average molecular weight is 179 g/mol. The Hall–Kier alpha value is -0.0400. The molecule has 5 atom stereocenters. The van der Waals surface area contributed by atoms with E-state index in [9.17, 15) is 0 Å². The summed E-state index contributed by atoms with van der Waals surface area (Å²) in [5.41, 5.74) is 7.04. The molecule has 3 aliphatic rings. The summed E-state index contributed by atoms with van der Waals surface area (Å²) in [5, 5.41) is 0. The zero-order chi connectivity index (χ0) is 9.05. The van der Waals surface area contributed by atoms with E-state index >= 15 is 0 Å². The molecule has 0 aliphatic heterocycles. The molecule has 0 saturated heterocycles. The van der Waals surface area contributed by atoms with Crippen molar-refractivity contribution in [2.24, 2.45) is 28.9 Å². The van der Waals surface area contributed by atoms with Crippen LogP contribution in [0, 0.1) is 23.2 Å². The first-order valence-corrected chi connectivity index (χ1v) is 5.98. The van der Waals surface area contributed by atoms with E-state index in [0.29, 0.717) is 11.5 Å². The number of fused-ring (bicyclic) bond motifs is 3. The van der Waals surface area contributed by atoms with E-state index in [4.69, 9.17) is 5.73 Å². The van der Waals surface area contributed by atoms with Crippen LogP contribution in [0.25, 0.3) is 0 Å². The highest BCUT2D eigenvalue weighted by Gasteiger charge is 2.58. The summed E-state index contributed by atoms with van der Waals surface area (Å²) < 4.78 is 0. The van der Waals surface area contributed by atoms with Gasteiger partial charge in [0.2, 0.25) is 0 Å². The van der Waals surface area contributed by atoms with Crippen LogP contribution in [-0.2, 0) is 0 Å². The molecule has 3 saturated carbocycles. The largest absolute Gasteiger partial charge is 0.327 e. The molecule has 0 heterocycles. The first kappa shape index (κ1) is 8.28. The van der Waals surface area contributed by atoms with E-state index in [1.807, 2.05) is 0 Å². The number of hydrogen-bond acceptors (Lipinski definition) is 1. The summed E-state index contributed by atoms with van der Waals surface area (Å²) in [4.78, 5) is 0. The second kappa shape index (κ2) is 2.50. The van der Waals surface area contributed by atoms with Crippen LogP contribution in [0.1, 0.15) is 45.4 Å². The van der Waals surface area contributed by atoms with Gasteiger partial charge in [0.1, 0.15) is 0 Å². The van der Waals surface area contributed by atoms with Gasteiger partial charge in [-0.15, -0.1) is 0 Å². The zero-order valence-electron chi connectivity index (χ0n) is 8.63. The Bertz CT molecular complexity index is 221. The van der Waals surface area contributed by atoms with Crippen molar-refractivity contribution in [3.63, 3.8) is 0 Å². The van der Waals surface area contributed by atoms with Crippen molar-refractivity contribution in [1.29, 1.82) is 0 Å². The lowest BCUT2D eigenvalue weighted by atomic mass is 9.68. The van der Waals surface area contributed by atoms with Crippen LogP contribution in [0.4, 0.5) is 0 Å². The van der Waals surface area contributed by atoms with Crippen molar-refractivity contribution in [3.8, 4) is 0 Å². The monoisotopic (exact) mass is 179 g/mol. The minimum absolute atomic E-state index is 0.566. The van der Waals surface area contributed by atoms with Gasteiger partial charge >= 0.3 is 0 Å². The highest BCUT2D eigenvalue weighted by molar-refractivity contribution is 5.10. The fraction of sp³-hybridized carbons (Fsp3) is 1.00. The highest BCUT2D eigenvalue weighted by atomic mass is 14.8. The lowest BCUT2D eigenvalue weighted by Crippen LogP contribution is -2.44. The van der Waals surface area contributed by atoms with Gasteiger partial charge in [0.25, 0.3) is 0 Å². The summed E-state index contributed by atoms with van der Waals surface area (Å²) in [6.45, 7) is 2.41. The Morgan fingerprint density at radius 3 is 2.62 bits per heavy atom. The van der Waals surface area contributed by atoms with Gasteiger partial charge in [0, 0.05) is 6.04 Å². The molecule has 2 bridgehead atoms. The predicted molar refractivity (Wildman–Crippen MR) is 54.3 cm³/mol. The van der Waals surface area contributed by atoms with E-state index in [-0.39, 0.29) is 0 Å². The molecule has 74 valence electrons. The average Bonchev–Trinajstić information content (AvgIpc) is 2.73. The number of hydrogen-bond donors (Lipinski definition) is 1. The molecule has 1 heteroatoms. The van der Waals surface area contributed by atoms with E-state index in [2.05, 4.69) is 6.92 Å². The third-order valence-corrected chi connectivity index (χ3v) is 5.29. The van der Waals surface area contributed by atoms with Gasteiger partial charge in [-0.05, 0) is 55.3 Å². The maximum Gasteiger partial charge on any atom is 0.0127 e. The molecule has 1 nitrogen and oxygen atoms in total. The van der Waals surface area contributed by atoms with Crippen LogP contribution >= 0.6 is 0 Å². The number of nitrogens with two attached hydrogens (primary N) is 1. The Morgan fingerprint density at radius 1 is 1.23 bits per heavy atom. The second-order valence-corrected chi connectivity index (χ2v) is 5.88. The topological polar surface area (TPSA) is 26.0 Å². The molecule has 0 radical (unpaired) electrons. The fourth-order valence-electron chi connectivity index (χ4n) is 4.65. The van der Waals surface area contributed by atoms with Gasteiger partial charge < -0.3 is 5.73 Å². The standard InChI is InChI=1S/C12H21N/c1-8-4-5-12(7-8)10-3-2-9(6-10)11(12)13/h8-11H,2-7,13H2,1H3/t8-,9+,10-,11+,12-/m0/s1. The molecule has 2 N–H and O–H groups in total. The van der Waals surface area contributed by atoms with Crippen molar-refractivity contribution in [2.45, 2.75) is 51.5 Å². The Balaban J connectivity index is 1.90. The van der Waals surface area contributed by atoms with Crippen LogP contribution in [0.3, 0.4) is 0 Å². The van der Waals surface area contributed by atoms with E-state index in [1.165, 1.54) is 38.5 Å².